The van der Waals surface area contributed by atoms with E-state index in [2.05, 4.69) is 10.3 Å². The van der Waals surface area contributed by atoms with E-state index in [1.165, 1.54) is 0 Å². The molecule has 0 saturated heterocycles. The zero-order chi connectivity index (χ0) is 12.5. The molecule has 0 bridgehead atoms. The molecule has 0 radical (unpaired) electrons. The smallest absolute Gasteiger partial charge is 0.253 e. The molecule has 1 aliphatic rings. The third-order valence-corrected chi connectivity index (χ3v) is 3.26. The molecule has 3 rings (SSSR count). The van der Waals surface area contributed by atoms with Crippen LogP contribution in [0.5, 0.6) is 0 Å². The lowest BCUT2D eigenvalue weighted by Crippen LogP contribution is -2.33. The second-order valence-electron chi connectivity index (χ2n) is 4.50. The molecule has 0 saturated carbocycles. The lowest BCUT2D eigenvalue weighted by molar-refractivity contribution is 0.0945. The van der Waals surface area contributed by atoms with Gasteiger partial charge in [-0.15, -0.1) is 0 Å². The highest BCUT2D eigenvalue weighted by Crippen LogP contribution is 2.24. The number of hydrogen-bond acceptors (Lipinski definition) is 2. The first kappa shape index (κ1) is 11.0. The maximum atomic E-state index is 11.8. The van der Waals surface area contributed by atoms with Crippen LogP contribution in [0.15, 0.2) is 36.4 Å². The maximum Gasteiger partial charge on any atom is 0.253 e. The number of benzene rings is 1. The van der Waals surface area contributed by atoms with Crippen molar-refractivity contribution in [2.45, 2.75) is 13.3 Å². The van der Waals surface area contributed by atoms with E-state index in [1.807, 2.05) is 43.3 Å². The quantitative estimate of drug-likeness (QED) is 0.828. The average Bonchev–Trinajstić information content (AvgIpc) is 2.39. The van der Waals surface area contributed by atoms with Crippen molar-refractivity contribution in [3.63, 3.8) is 0 Å². The number of fused-ring (bicyclic) bond motifs is 1. The van der Waals surface area contributed by atoms with E-state index in [0.717, 1.165) is 34.5 Å². The van der Waals surface area contributed by atoms with E-state index in [1.54, 1.807) is 0 Å². The van der Waals surface area contributed by atoms with Gasteiger partial charge in [0.1, 0.15) is 0 Å². The van der Waals surface area contributed by atoms with Crippen LogP contribution < -0.4 is 5.32 Å². The summed E-state index contributed by atoms with van der Waals surface area (Å²) >= 11 is 0. The van der Waals surface area contributed by atoms with Crippen LogP contribution in [0.25, 0.3) is 11.3 Å². The molecule has 2 heterocycles. The van der Waals surface area contributed by atoms with Gasteiger partial charge in [-0.25, -0.2) is 0 Å². The number of rotatable bonds is 1. The first-order valence-corrected chi connectivity index (χ1v) is 6.10. The number of pyridine rings is 1. The van der Waals surface area contributed by atoms with E-state index >= 15 is 0 Å². The lowest BCUT2D eigenvalue weighted by Gasteiger charge is -2.19. The molecule has 0 unspecified atom stereocenters. The Morgan fingerprint density at radius 2 is 2.00 bits per heavy atom. The van der Waals surface area contributed by atoms with Gasteiger partial charge in [0.2, 0.25) is 0 Å². The van der Waals surface area contributed by atoms with Crippen LogP contribution in [0.1, 0.15) is 21.6 Å². The van der Waals surface area contributed by atoms with Gasteiger partial charge in [0.15, 0.2) is 0 Å². The monoisotopic (exact) mass is 238 g/mol. The predicted molar refractivity (Wildman–Crippen MR) is 70.4 cm³/mol. The number of aromatic nitrogens is 1. The minimum Gasteiger partial charge on any atom is -0.352 e. The summed E-state index contributed by atoms with van der Waals surface area (Å²) < 4.78 is 0. The second kappa shape index (κ2) is 4.26. The summed E-state index contributed by atoms with van der Waals surface area (Å²) in [5.41, 5.74) is 4.70. The maximum absolute atomic E-state index is 11.8. The van der Waals surface area contributed by atoms with Crippen molar-refractivity contribution < 1.29 is 4.79 Å². The van der Waals surface area contributed by atoms with Crippen molar-refractivity contribution in [1.29, 1.82) is 0 Å². The normalized spacial score (nSPS) is 13.9. The summed E-state index contributed by atoms with van der Waals surface area (Å²) in [6.45, 7) is 2.61. The summed E-state index contributed by atoms with van der Waals surface area (Å²) in [4.78, 5) is 16.3. The Morgan fingerprint density at radius 3 is 2.78 bits per heavy atom. The number of aryl methyl sites for hydroxylation is 1. The average molecular weight is 238 g/mol. The molecular weight excluding hydrogens is 224 g/mol. The van der Waals surface area contributed by atoms with Gasteiger partial charge in [0.25, 0.3) is 5.91 Å². The number of amides is 1. The number of nitrogens with one attached hydrogen (secondary N) is 1. The highest BCUT2D eigenvalue weighted by molar-refractivity contribution is 5.98. The molecule has 1 amide bonds. The first-order valence-electron chi connectivity index (χ1n) is 6.10. The van der Waals surface area contributed by atoms with Gasteiger partial charge in [-0.1, -0.05) is 30.3 Å². The van der Waals surface area contributed by atoms with Gasteiger partial charge in [0.05, 0.1) is 17.0 Å². The zero-order valence-electron chi connectivity index (χ0n) is 10.2. The number of carbonyl (C=O) groups is 1. The number of carbonyl (C=O) groups excluding carboxylic acids is 1. The molecule has 18 heavy (non-hydrogen) atoms. The van der Waals surface area contributed by atoms with E-state index in [4.69, 9.17) is 0 Å². The van der Waals surface area contributed by atoms with Crippen molar-refractivity contribution in [3.8, 4) is 11.3 Å². The lowest BCUT2D eigenvalue weighted by atomic mass is 9.97. The third-order valence-electron chi connectivity index (χ3n) is 3.26. The zero-order valence-corrected chi connectivity index (χ0v) is 10.2. The molecule has 3 nitrogen and oxygen atoms in total. The minimum absolute atomic E-state index is 0.000798. The van der Waals surface area contributed by atoms with E-state index < -0.39 is 0 Å². The highest BCUT2D eigenvalue weighted by Gasteiger charge is 2.20. The van der Waals surface area contributed by atoms with Crippen molar-refractivity contribution >= 4 is 5.91 Å². The Kier molecular flexibility index (Phi) is 2.59. The van der Waals surface area contributed by atoms with Gasteiger partial charge in [-0.3, -0.25) is 9.78 Å². The van der Waals surface area contributed by atoms with Gasteiger partial charge in [0, 0.05) is 12.1 Å². The molecule has 2 aromatic rings. The second-order valence-corrected chi connectivity index (χ2v) is 4.50. The largest absolute Gasteiger partial charge is 0.352 e. The third kappa shape index (κ3) is 1.78. The summed E-state index contributed by atoms with van der Waals surface area (Å²) in [5.74, 6) is 0.000798. The number of hydrogen-bond donors (Lipinski definition) is 1. The van der Waals surface area contributed by atoms with Gasteiger partial charge in [-0.05, 0) is 25.0 Å². The van der Waals surface area contributed by atoms with Gasteiger partial charge >= 0.3 is 0 Å². The van der Waals surface area contributed by atoms with E-state index in [9.17, 15) is 4.79 Å². The van der Waals surface area contributed by atoms with E-state index in [0.29, 0.717) is 6.54 Å². The topological polar surface area (TPSA) is 42.0 Å². The van der Waals surface area contributed by atoms with Crippen molar-refractivity contribution in [2.24, 2.45) is 0 Å². The van der Waals surface area contributed by atoms with Crippen LogP contribution in [0, 0.1) is 6.92 Å². The Morgan fingerprint density at radius 1 is 1.22 bits per heavy atom. The molecule has 90 valence electrons. The standard InChI is InChI=1S/C15H14N2O/c1-10-14-12(7-8-16-15(14)18)9-13(17-10)11-5-3-2-4-6-11/h2-6,9H,7-8H2,1H3,(H,16,18). The Hall–Kier alpha value is -2.16. The van der Waals surface area contributed by atoms with Crippen LogP contribution in [0.4, 0.5) is 0 Å². The molecule has 1 N–H and O–H groups in total. The van der Waals surface area contributed by atoms with Crippen LogP contribution >= 0.6 is 0 Å². The molecule has 0 fully saturated rings. The highest BCUT2D eigenvalue weighted by atomic mass is 16.1. The molecule has 0 aliphatic carbocycles. The summed E-state index contributed by atoms with van der Waals surface area (Å²) in [7, 11) is 0. The molecule has 3 heteroatoms. The van der Waals surface area contributed by atoms with Crippen LogP contribution in [0.3, 0.4) is 0 Å². The predicted octanol–water partition coefficient (Wildman–Crippen LogP) is 2.34. The Balaban J connectivity index is 2.15. The molecule has 1 aromatic heterocycles. The van der Waals surface area contributed by atoms with Gasteiger partial charge in [-0.2, -0.15) is 0 Å². The fraction of sp³-hybridized carbons (Fsp3) is 0.200. The van der Waals surface area contributed by atoms with Crippen molar-refractivity contribution in [2.75, 3.05) is 6.54 Å². The summed E-state index contributed by atoms with van der Waals surface area (Å²) in [6, 6.07) is 12.1. The summed E-state index contributed by atoms with van der Waals surface area (Å²) in [5, 5.41) is 2.86. The number of nitrogens with zero attached hydrogens (tertiary/aromatic N) is 1. The molecule has 1 aliphatic heterocycles. The van der Waals surface area contributed by atoms with Crippen molar-refractivity contribution in [3.05, 3.63) is 53.2 Å². The van der Waals surface area contributed by atoms with Crippen LogP contribution in [-0.4, -0.2) is 17.4 Å². The van der Waals surface area contributed by atoms with E-state index in [-0.39, 0.29) is 5.91 Å². The Labute approximate surface area is 106 Å². The van der Waals surface area contributed by atoms with Crippen LogP contribution in [0.2, 0.25) is 0 Å². The molecule has 0 spiro atoms. The van der Waals surface area contributed by atoms with Gasteiger partial charge < -0.3 is 5.32 Å². The molecular formula is C15H14N2O. The SMILES string of the molecule is Cc1nc(-c2ccccc2)cc2c1C(=O)NCC2. The minimum atomic E-state index is 0.000798. The first-order chi connectivity index (χ1) is 8.75. The van der Waals surface area contributed by atoms with Crippen molar-refractivity contribution in [1.82, 2.24) is 10.3 Å². The molecule has 1 aromatic carbocycles. The fourth-order valence-electron chi connectivity index (χ4n) is 2.40. The fourth-order valence-corrected chi connectivity index (χ4v) is 2.40. The summed E-state index contributed by atoms with van der Waals surface area (Å²) in [6.07, 6.45) is 0.879. The Bertz CT molecular complexity index is 605. The molecule has 0 atom stereocenters. The van der Waals surface area contributed by atoms with Crippen LogP contribution in [-0.2, 0) is 6.42 Å².